The molecule has 1 N–H and O–H groups in total. The minimum Gasteiger partial charge on any atom is -0.460 e. The molecule has 2 heterocycles. The van der Waals surface area contributed by atoms with Gasteiger partial charge in [-0.25, -0.2) is 9.79 Å². The van der Waals surface area contributed by atoms with E-state index in [4.69, 9.17) is 14.5 Å². The summed E-state index contributed by atoms with van der Waals surface area (Å²) in [5.41, 5.74) is 3.02. The molecule has 3 aliphatic rings. The number of hydrogen-bond acceptors (Lipinski definition) is 7. The number of anilines is 1. The molecule has 1 aliphatic carbocycles. The zero-order chi connectivity index (χ0) is 23.9. The van der Waals surface area contributed by atoms with Gasteiger partial charge in [-0.15, -0.1) is 0 Å². The van der Waals surface area contributed by atoms with E-state index in [0.717, 1.165) is 41.6 Å². The number of amides is 1. The Morgan fingerprint density at radius 1 is 1.15 bits per heavy atom. The number of nitrogens with zero attached hydrogens (tertiary/aromatic N) is 2. The lowest BCUT2D eigenvalue weighted by Gasteiger charge is -2.40. The molecule has 1 aromatic carbocycles. The number of rotatable bonds is 9. The van der Waals surface area contributed by atoms with Crippen LogP contribution in [0.1, 0.15) is 63.5 Å². The monoisotopic (exact) mass is 485 g/mol. The topological polar surface area (TPSA) is 80.2 Å². The summed E-state index contributed by atoms with van der Waals surface area (Å²) < 4.78 is 10.5. The summed E-state index contributed by atoms with van der Waals surface area (Å²) in [6.07, 6.45) is 7.68. The Hall–Kier alpha value is -2.32. The van der Waals surface area contributed by atoms with Crippen LogP contribution in [0.3, 0.4) is 0 Å². The van der Waals surface area contributed by atoms with Crippen molar-refractivity contribution in [3.8, 4) is 0 Å². The third kappa shape index (κ3) is 6.02. The third-order valence-corrected chi connectivity index (χ3v) is 7.84. The van der Waals surface area contributed by atoms with Gasteiger partial charge in [-0.2, -0.15) is 0 Å². The largest absolute Gasteiger partial charge is 0.460 e. The summed E-state index contributed by atoms with van der Waals surface area (Å²) in [5.74, 6) is 1.43. The first-order valence-electron chi connectivity index (χ1n) is 12.3. The molecule has 1 atom stereocenters. The number of hydrogen-bond donors (Lipinski definition) is 1. The summed E-state index contributed by atoms with van der Waals surface area (Å²) in [7, 11) is 1.58. The van der Waals surface area contributed by atoms with E-state index in [1.165, 1.54) is 25.7 Å². The van der Waals surface area contributed by atoms with Crippen molar-refractivity contribution in [2.75, 3.05) is 37.9 Å². The highest BCUT2D eigenvalue weighted by Gasteiger charge is 2.37. The maximum Gasteiger partial charge on any atom is 0.338 e. The van der Waals surface area contributed by atoms with Crippen molar-refractivity contribution in [1.82, 2.24) is 4.90 Å². The normalized spacial score (nSPS) is 20.7. The van der Waals surface area contributed by atoms with E-state index in [2.05, 4.69) is 10.2 Å². The first kappa shape index (κ1) is 24.8. The third-order valence-electron chi connectivity index (χ3n) is 6.76. The van der Waals surface area contributed by atoms with Gasteiger partial charge in [-0.3, -0.25) is 4.79 Å². The molecular formula is C26H35N3O4S. The standard InChI is InChI=1S/C26H35N3O4S/c1-18-23(25(31)33-16-15-32-2)24(29-14-5-17-34-26(29)27-18)20-9-11-21(12-10-20)28-22(30)13-8-19-6-3-4-7-19/h9-12,19,24H,3-8,13-17H2,1-2H3,(H,28,30)/t24-/m1/s1. The predicted octanol–water partition coefficient (Wildman–Crippen LogP) is 4.91. The highest BCUT2D eigenvalue weighted by Crippen LogP contribution is 2.40. The van der Waals surface area contributed by atoms with Gasteiger partial charge in [0.25, 0.3) is 0 Å². The lowest BCUT2D eigenvalue weighted by atomic mass is 9.94. The Labute approximate surface area is 206 Å². The Morgan fingerprint density at radius 3 is 2.65 bits per heavy atom. The second-order valence-corrected chi connectivity index (χ2v) is 10.2. The van der Waals surface area contributed by atoms with Crippen molar-refractivity contribution in [2.24, 2.45) is 10.9 Å². The zero-order valence-electron chi connectivity index (χ0n) is 20.2. The number of thioether (sulfide) groups is 1. The molecular weight excluding hydrogens is 450 g/mol. The van der Waals surface area contributed by atoms with Crippen molar-refractivity contribution in [2.45, 2.75) is 57.9 Å². The van der Waals surface area contributed by atoms with Crippen LogP contribution in [0.2, 0.25) is 0 Å². The van der Waals surface area contributed by atoms with E-state index >= 15 is 0 Å². The van der Waals surface area contributed by atoms with Crippen LogP contribution in [-0.4, -0.2) is 54.6 Å². The molecule has 0 spiro atoms. The maximum absolute atomic E-state index is 13.0. The Morgan fingerprint density at radius 2 is 1.91 bits per heavy atom. The van der Waals surface area contributed by atoms with Gasteiger partial charge in [0.05, 0.1) is 23.9 Å². The average molecular weight is 486 g/mol. The first-order valence-corrected chi connectivity index (χ1v) is 13.3. The molecule has 34 heavy (non-hydrogen) atoms. The van der Waals surface area contributed by atoms with Crippen LogP contribution in [0.15, 0.2) is 40.5 Å². The second-order valence-electron chi connectivity index (χ2n) is 9.18. The number of esters is 1. The number of benzene rings is 1. The maximum atomic E-state index is 13.0. The minimum atomic E-state index is -0.359. The number of carbonyl (C=O) groups excluding carboxylic acids is 2. The van der Waals surface area contributed by atoms with Crippen LogP contribution in [0.25, 0.3) is 0 Å². The smallest absolute Gasteiger partial charge is 0.338 e. The molecule has 2 aliphatic heterocycles. The lowest BCUT2D eigenvalue weighted by Crippen LogP contribution is -2.42. The van der Waals surface area contributed by atoms with E-state index in [1.54, 1.807) is 18.9 Å². The fourth-order valence-corrected chi connectivity index (χ4v) is 6.00. The van der Waals surface area contributed by atoms with Gasteiger partial charge in [0, 0.05) is 31.5 Å². The van der Waals surface area contributed by atoms with Crippen molar-refractivity contribution in [3.05, 3.63) is 41.1 Å². The number of allylic oxidation sites excluding steroid dienone is 1. The highest BCUT2D eigenvalue weighted by atomic mass is 32.2. The summed E-state index contributed by atoms with van der Waals surface area (Å²) >= 11 is 1.72. The SMILES string of the molecule is COCCOC(=O)C1=C(C)N=C2SCCCN2[C@@H]1c1ccc(NC(=O)CCC2CCCC2)cc1. The van der Waals surface area contributed by atoms with Crippen LogP contribution in [-0.2, 0) is 19.1 Å². The average Bonchev–Trinajstić information content (AvgIpc) is 3.36. The zero-order valence-corrected chi connectivity index (χ0v) is 21.0. The van der Waals surface area contributed by atoms with Crippen LogP contribution < -0.4 is 5.32 Å². The number of fused-ring (bicyclic) bond motifs is 1. The van der Waals surface area contributed by atoms with Gasteiger partial charge in [0.15, 0.2) is 5.17 Å². The number of ether oxygens (including phenoxy) is 2. The van der Waals surface area contributed by atoms with E-state index in [1.807, 2.05) is 31.2 Å². The molecule has 1 saturated carbocycles. The van der Waals surface area contributed by atoms with Crippen molar-refractivity contribution < 1.29 is 19.1 Å². The Balaban J connectivity index is 1.48. The molecule has 0 radical (unpaired) electrons. The number of amidine groups is 1. The van der Waals surface area contributed by atoms with Gasteiger partial charge in [0.2, 0.25) is 5.91 Å². The van der Waals surface area contributed by atoms with Crippen LogP contribution in [0.4, 0.5) is 5.69 Å². The van der Waals surface area contributed by atoms with Gasteiger partial charge in [0.1, 0.15) is 6.61 Å². The molecule has 0 bridgehead atoms. The highest BCUT2D eigenvalue weighted by molar-refractivity contribution is 8.13. The molecule has 1 aromatic rings. The van der Waals surface area contributed by atoms with Gasteiger partial charge in [-0.1, -0.05) is 49.6 Å². The van der Waals surface area contributed by atoms with Crippen molar-refractivity contribution in [3.63, 3.8) is 0 Å². The molecule has 184 valence electrons. The summed E-state index contributed by atoms with van der Waals surface area (Å²) in [5, 5.41) is 3.98. The number of nitrogens with one attached hydrogen (secondary N) is 1. The van der Waals surface area contributed by atoms with Crippen molar-refractivity contribution in [1.29, 1.82) is 0 Å². The van der Waals surface area contributed by atoms with E-state index in [0.29, 0.717) is 30.2 Å². The van der Waals surface area contributed by atoms with E-state index < -0.39 is 0 Å². The lowest BCUT2D eigenvalue weighted by molar-refractivity contribution is -0.141. The fraction of sp³-hybridized carbons (Fsp3) is 0.577. The van der Waals surface area contributed by atoms with E-state index in [-0.39, 0.29) is 24.5 Å². The molecule has 0 aromatic heterocycles. The summed E-state index contributed by atoms with van der Waals surface area (Å²) in [6, 6.07) is 7.58. The molecule has 8 heteroatoms. The van der Waals surface area contributed by atoms with E-state index in [9.17, 15) is 9.59 Å². The first-order chi connectivity index (χ1) is 16.6. The predicted molar refractivity (Wildman–Crippen MR) is 136 cm³/mol. The van der Waals surface area contributed by atoms with Crippen LogP contribution >= 0.6 is 11.8 Å². The number of aliphatic imine (C=N–C) groups is 1. The fourth-order valence-electron chi connectivity index (χ4n) is 4.98. The molecule has 1 amide bonds. The molecule has 2 fully saturated rings. The minimum absolute atomic E-state index is 0.0670. The van der Waals surface area contributed by atoms with Crippen LogP contribution in [0, 0.1) is 5.92 Å². The summed E-state index contributed by atoms with van der Waals surface area (Å²) in [6.45, 7) is 3.26. The molecule has 4 rings (SSSR count). The van der Waals surface area contributed by atoms with Crippen molar-refractivity contribution >= 4 is 34.5 Å². The summed E-state index contributed by atoms with van der Waals surface area (Å²) in [4.78, 5) is 32.4. The number of methoxy groups -OCH3 is 1. The molecule has 7 nitrogen and oxygen atoms in total. The quantitative estimate of drug-likeness (QED) is 0.396. The Bertz CT molecular complexity index is 938. The van der Waals surface area contributed by atoms with Gasteiger partial charge in [-0.05, 0) is 43.4 Å². The molecule has 1 saturated heterocycles. The molecule has 0 unspecified atom stereocenters. The number of carbonyl (C=O) groups is 2. The van der Waals surface area contributed by atoms with Gasteiger partial charge < -0.3 is 19.7 Å². The van der Waals surface area contributed by atoms with Crippen LogP contribution in [0.5, 0.6) is 0 Å². The Kier molecular flexibility index (Phi) is 8.67. The second kappa shape index (κ2) is 11.9. The van der Waals surface area contributed by atoms with Gasteiger partial charge >= 0.3 is 5.97 Å².